The van der Waals surface area contributed by atoms with Crippen molar-refractivity contribution in [1.29, 1.82) is 0 Å². The normalized spacial score (nSPS) is 43.2. The minimum atomic E-state index is 0.361. The summed E-state index contributed by atoms with van der Waals surface area (Å²) in [6.45, 7) is 6.96. The molecule has 15 heavy (non-hydrogen) atoms. The number of rotatable bonds is 3. The second-order valence-electron chi connectivity index (χ2n) is 6.25. The maximum Gasteiger partial charge on any atom is 0.0684 e. The molecule has 0 spiro atoms. The molecule has 0 bridgehead atoms. The van der Waals surface area contributed by atoms with Crippen molar-refractivity contribution in [3.63, 3.8) is 0 Å². The summed E-state index contributed by atoms with van der Waals surface area (Å²) in [5.41, 5.74) is 0.361. The van der Waals surface area contributed by atoms with E-state index in [0.717, 1.165) is 18.4 Å². The van der Waals surface area contributed by atoms with Gasteiger partial charge in [-0.2, -0.15) is 0 Å². The van der Waals surface area contributed by atoms with E-state index < -0.39 is 0 Å². The fraction of sp³-hybridized carbons (Fsp3) is 1.00. The monoisotopic (exact) mass is 209 g/mol. The molecule has 3 atom stereocenters. The Morgan fingerprint density at radius 1 is 1.27 bits per heavy atom. The second-order valence-corrected chi connectivity index (χ2v) is 6.25. The average Bonchev–Trinajstić information content (AvgIpc) is 3.02. The predicted molar refractivity (Wildman–Crippen MR) is 60.8 cm³/mol. The molecule has 1 saturated heterocycles. The van der Waals surface area contributed by atoms with Gasteiger partial charge in [-0.1, -0.05) is 13.8 Å². The maximum atomic E-state index is 5.90. The number of hydrogen-bond acceptors (Lipinski definition) is 2. The van der Waals surface area contributed by atoms with E-state index in [2.05, 4.69) is 19.2 Å². The maximum absolute atomic E-state index is 5.90. The summed E-state index contributed by atoms with van der Waals surface area (Å²) >= 11 is 0. The Morgan fingerprint density at radius 2 is 2.07 bits per heavy atom. The lowest BCUT2D eigenvalue weighted by Gasteiger charge is -2.60. The van der Waals surface area contributed by atoms with Gasteiger partial charge >= 0.3 is 0 Å². The van der Waals surface area contributed by atoms with Crippen LogP contribution in [0.2, 0.25) is 0 Å². The van der Waals surface area contributed by atoms with Crippen LogP contribution in [0, 0.1) is 17.3 Å². The van der Waals surface area contributed by atoms with Crippen LogP contribution in [0.15, 0.2) is 0 Å². The molecule has 3 aliphatic rings. The largest absolute Gasteiger partial charge is 0.377 e. The third-order valence-corrected chi connectivity index (χ3v) is 4.65. The highest BCUT2D eigenvalue weighted by molar-refractivity contribution is 5.10. The molecule has 3 rings (SSSR count). The van der Waals surface area contributed by atoms with E-state index in [0.29, 0.717) is 17.6 Å². The summed E-state index contributed by atoms with van der Waals surface area (Å²) in [5, 5.41) is 3.79. The molecular formula is C13H23NO. The van der Waals surface area contributed by atoms with Crippen LogP contribution in [-0.4, -0.2) is 25.3 Å². The molecule has 1 N–H and O–H groups in total. The summed E-state index contributed by atoms with van der Waals surface area (Å²) in [6, 6.07) is 0.711. The SMILES string of the molecule is CC1(C)C(NCC2CC2)C2CCCOC21. The van der Waals surface area contributed by atoms with Gasteiger partial charge in [-0.3, -0.25) is 0 Å². The first kappa shape index (κ1) is 10.1. The first-order valence-electron chi connectivity index (χ1n) is 6.54. The molecule has 2 aliphatic carbocycles. The minimum absolute atomic E-state index is 0.361. The smallest absolute Gasteiger partial charge is 0.0684 e. The minimum Gasteiger partial charge on any atom is -0.377 e. The molecule has 86 valence electrons. The molecular weight excluding hydrogens is 186 g/mol. The van der Waals surface area contributed by atoms with E-state index >= 15 is 0 Å². The van der Waals surface area contributed by atoms with Gasteiger partial charge in [-0.25, -0.2) is 0 Å². The molecule has 0 aromatic rings. The molecule has 1 heterocycles. The van der Waals surface area contributed by atoms with Gasteiger partial charge in [0.2, 0.25) is 0 Å². The van der Waals surface area contributed by atoms with Gasteiger partial charge in [-0.05, 0) is 38.1 Å². The number of hydrogen-bond donors (Lipinski definition) is 1. The van der Waals surface area contributed by atoms with Gasteiger partial charge in [0, 0.05) is 24.0 Å². The van der Waals surface area contributed by atoms with E-state index in [1.165, 1.54) is 32.2 Å². The third kappa shape index (κ3) is 1.62. The van der Waals surface area contributed by atoms with Crippen molar-refractivity contribution < 1.29 is 4.74 Å². The van der Waals surface area contributed by atoms with Crippen LogP contribution < -0.4 is 5.32 Å². The molecule has 0 amide bonds. The van der Waals surface area contributed by atoms with Crippen LogP contribution in [0.5, 0.6) is 0 Å². The summed E-state index contributed by atoms with van der Waals surface area (Å²) < 4.78 is 5.90. The van der Waals surface area contributed by atoms with Gasteiger partial charge < -0.3 is 10.1 Å². The van der Waals surface area contributed by atoms with E-state index in [4.69, 9.17) is 4.74 Å². The molecule has 1 aliphatic heterocycles. The van der Waals surface area contributed by atoms with Crippen molar-refractivity contribution in [3.8, 4) is 0 Å². The second kappa shape index (κ2) is 3.46. The molecule has 2 saturated carbocycles. The van der Waals surface area contributed by atoms with E-state index in [9.17, 15) is 0 Å². The third-order valence-electron chi connectivity index (χ3n) is 4.65. The first-order valence-corrected chi connectivity index (χ1v) is 6.54. The summed E-state index contributed by atoms with van der Waals surface area (Å²) in [5.74, 6) is 1.79. The highest BCUT2D eigenvalue weighted by atomic mass is 16.5. The van der Waals surface area contributed by atoms with Crippen molar-refractivity contribution in [3.05, 3.63) is 0 Å². The van der Waals surface area contributed by atoms with Crippen molar-refractivity contribution in [2.45, 2.75) is 51.7 Å². The Bertz CT molecular complexity index is 247. The lowest BCUT2D eigenvalue weighted by molar-refractivity contribution is -0.192. The van der Waals surface area contributed by atoms with Gasteiger partial charge in [0.25, 0.3) is 0 Å². The Hall–Kier alpha value is -0.0800. The quantitative estimate of drug-likeness (QED) is 0.769. The zero-order valence-electron chi connectivity index (χ0n) is 9.96. The van der Waals surface area contributed by atoms with E-state index in [1.54, 1.807) is 0 Å². The fourth-order valence-corrected chi connectivity index (χ4v) is 3.55. The predicted octanol–water partition coefficient (Wildman–Crippen LogP) is 2.19. The molecule has 3 unspecified atom stereocenters. The van der Waals surface area contributed by atoms with Crippen LogP contribution in [0.3, 0.4) is 0 Å². The summed E-state index contributed by atoms with van der Waals surface area (Å²) in [6.07, 6.45) is 6.06. The molecule has 2 heteroatoms. The van der Waals surface area contributed by atoms with Crippen molar-refractivity contribution in [2.24, 2.45) is 17.3 Å². The first-order chi connectivity index (χ1) is 7.19. The van der Waals surface area contributed by atoms with Crippen LogP contribution >= 0.6 is 0 Å². The molecule has 0 radical (unpaired) electrons. The van der Waals surface area contributed by atoms with Gasteiger partial charge in [0.05, 0.1) is 6.10 Å². The van der Waals surface area contributed by atoms with Gasteiger partial charge in [0.1, 0.15) is 0 Å². The van der Waals surface area contributed by atoms with E-state index in [-0.39, 0.29) is 0 Å². The Balaban J connectivity index is 1.60. The van der Waals surface area contributed by atoms with Crippen LogP contribution in [-0.2, 0) is 4.74 Å². The zero-order valence-corrected chi connectivity index (χ0v) is 9.96. The summed E-state index contributed by atoms with van der Waals surface area (Å²) in [7, 11) is 0. The van der Waals surface area contributed by atoms with Gasteiger partial charge in [0.15, 0.2) is 0 Å². The number of ether oxygens (including phenoxy) is 1. The highest BCUT2D eigenvalue weighted by Crippen LogP contribution is 2.51. The Labute approximate surface area is 92.8 Å². The number of fused-ring (bicyclic) bond motifs is 1. The number of nitrogens with one attached hydrogen (secondary N) is 1. The average molecular weight is 209 g/mol. The van der Waals surface area contributed by atoms with Crippen molar-refractivity contribution in [2.75, 3.05) is 13.2 Å². The van der Waals surface area contributed by atoms with Crippen molar-refractivity contribution >= 4 is 0 Å². The highest BCUT2D eigenvalue weighted by Gasteiger charge is 2.57. The van der Waals surface area contributed by atoms with E-state index in [1.807, 2.05) is 0 Å². The van der Waals surface area contributed by atoms with Crippen LogP contribution in [0.1, 0.15) is 39.5 Å². The van der Waals surface area contributed by atoms with Gasteiger partial charge in [-0.15, -0.1) is 0 Å². The lowest BCUT2D eigenvalue weighted by atomic mass is 9.55. The van der Waals surface area contributed by atoms with Crippen LogP contribution in [0.4, 0.5) is 0 Å². The zero-order chi connectivity index (χ0) is 10.5. The lowest BCUT2D eigenvalue weighted by Crippen LogP contribution is -2.69. The molecule has 0 aromatic heterocycles. The van der Waals surface area contributed by atoms with Crippen LogP contribution in [0.25, 0.3) is 0 Å². The molecule has 0 aromatic carbocycles. The van der Waals surface area contributed by atoms with Crippen molar-refractivity contribution in [1.82, 2.24) is 5.32 Å². The molecule has 3 fully saturated rings. The standard InChI is InChI=1S/C13H23NO/c1-13(2)11(14-8-9-5-6-9)10-4-3-7-15-12(10)13/h9-12,14H,3-8H2,1-2H3. The fourth-order valence-electron chi connectivity index (χ4n) is 3.55. The summed E-state index contributed by atoms with van der Waals surface area (Å²) in [4.78, 5) is 0. The Kier molecular flexibility index (Phi) is 2.33. The molecule has 2 nitrogen and oxygen atoms in total. The Morgan fingerprint density at radius 3 is 2.80 bits per heavy atom. The topological polar surface area (TPSA) is 21.3 Å².